The first-order valence-electron chi connectivity index (χ1n) is 4.67. The van der Waals surface area contributed by atoms with E-state index in [0.29, 0.717) is 6.54 Å². The van der Waals surface area contributed by atoms with Crippen molar-refractivity contribution >= 4 is 5.91 Å². The summed E-state index contributed by atoms with van der Waals surface area (Å²) in [5.41, 5.74) is 0. The minimum absolute atomic E-state index is 0.180. The van der Waals surface area contributed by atoms with Gasteiger partial charge in [-0.2, -0.15) is 5.26 Å². The van der Waals surface area contributed by atoms with Crippen molar-refractivity contribution in [3.8, 4) is 6.07 Å². The summed E-state index contributed by atoms with van der Waals surface area (Å²) < 4.78 is 1.85. The summed E-state index contributed by atoms with van der Waals surface area (Å²) in [6.45, 7) is 2.02. The van der Waals surface area contributed by atoms with Crippen molar-refractivity contribution in [1.82, 2.24) is 14.5 Å². The van der Waals surface area contributed by atoms with Crippen molar-refractivity contribution < 1.29 is 4.79 Å². The number of rotatable bonds is 3. The van der Waals surface area contributed by atoms with Crippen LogP contribution in [-0.4, -0.2) is 27.4 Å². The summed E-state index contributed by atoms with van der Waals surface area (Å²) in [5, 5.41) is 8.62. The van der Waals surface area contributed by atoms with Crippen LogP contribution in [0.15, 0.2) is 12.4 Å². The topological polar surface area (TPSA) is 61.9 Å². The summed E-state index contributed by atoms with van der Waals surface area (Å²) in [5.74, 6) is 0.0201. The molecule has 0 N–H and O–H groups in total. The molecule has 1 amide bonds. The van der Waals surface area contributed by atoms with Crippen molar-refractivity contribution in [2.45, 2.75) is 13.5 Å². The maximum absolute atomic E-state index is 11.6. The van der Waals surface area contributed by atoms with E-state index in [9.17, 15) is 4.79 Å². The molecule has 0 bridgehead atoms. The second-order valence-electron chi connectivity index (χ2n) is 3.50. The normalized spacial score (nSPS) is 11.9. The summed E-state index contributed by atoms with van der Waals surface area (Å²) >= 11 is 0. The van der Waals surface area contributed by atoms with Crippen LogP contribution in [0.5, 0.6) is 0 Å². The molecule has 0 saturated heterocycles. The van der Waals surface area contributed by atoms with E-state index < -0.39 is 5.92 Å². The lowest BCUT2D eigenvalue weighted by molar-refractivity contribution is -0.132. The van der Waals surface area contributed by atoms with Crippen molar-refractivity contribution in [3.63, 3.8) is 0 Å². The van der Waals surface area contributed by atoms with Crippen molar-refractivity contribution in [1.29, 1.82) is 5.26 Å². The fourth-order valence-corrected chi connectivity index (χ4v) is 1.22. The van der Waals surface area contributed by atoms with Crippen molar-refractivity contribution in [2.75, 3.05) is 7.05 Å². The van der Waals surface area contributed by atoms with Gasteiger partial charge in [0.25, 0.3) is 0 Å². The Balaban J connectivity index is 2.65. The van der Waals surface area contributed by atoms with Crippen molar-refractivity contribution in [3.05, 3.63) is 18.2 Å². The van der Waals surface area contributed by atoms with Gasteiger partial charge in [-0.15, -0.1) is 0 Å². The Morgan fingerprint density at radius 1 is 1.80 bits per heavy atom. The molecule has 1 atom stereocenters. The van der Waals surface area contributed by atoms with Gasteiger partial charge in [0.2, 0.25) is 5.91 Å². The highest BCUT2D eigenvalue weighted by Gasteiger charge is 2.17. The van der Waals surface area contributed by atoms with Gasteiger partial charge in [0.1, 0.15) is 11.7 Å². The Hall–Kier alpha value is -1.83. The first kappa shape index (κ1) is 11.2. The van der Waals surface area contributed by atoms with Crippen LogP contribution >= 0.6 is 0 Å². The van der Waals surface area contributed by atoms with Crippen LogP contribution in [0.2, 0.25) is 0 Å². The Bertz CT molecular complexity index is 390. The third-order valence-corrected chi connectivity index (χ3v) is 2.24. The monoisotopic (exact) mass is 206 g/mol. The largest absolute Gasteiger partial charge is 0.337 e. The molecule has 0 fully saturated rings. The summed E-state index contributed by atoms with van der Waals surface area (Å²) in [4.78, 5) is 17.2. The van der Waals surface area contributed by atoms with Gasteiger partial charge < -0.3 is 9.47 Å². The fraction of sp³-hybridized carbons (Fsp3) is 0.500. The second kappa shape index (κ2) is 4.60. The Morgan fingerprint density at radius 2 is 2.47 bits per heavy atom. The molecule has 15 heavy (non-hydrogen) atoms. The van der Waals surface area contributed by atoms with E-state index >= 15 is 0 Å². The lowest BCUT2D eigenvalue weighted by Gasteiger charge is -2.17. The summed E-state index contributed by atoms with van der Waals surface area (Å²) in [7, 11) is 3.54. The van der Waals surface area contributed by atoms with Crippen LogP contribution in [0.4, 0.5) is 0 Å². The number of amides is 1. The van der Waals surface area contributed by atoms with Crippen LogP contribution in [0, 0.1) is 17.2 Å². The quantitative estimate of drug-likeness (QED) is 0.725. The van der Waals surface area contributed by atoms with E-state index in [4.69, 9.17) is 5.26 Å². The molecule has 5 nitrogen and oxygen atoms in total. The predicted molar refractivity (Wildman–Crippen MR) is 54.5 cm³/mol. The number of carbonyl (C=O) groups excluding carboxylic acids is 1. The third-order valence-electron chi connectivity index (χ3n) is 2.24. The highest BCUT2D eigenvalue weighted by molar-refractivity contribution is 5.80. The van der Waals surface area contributed by atoms with E-state index in [1.54, 1.807) is 20.2 Å². The SMILES string of the molecule is CC(C#N)C(=O)N(C)Cc1nccn1C. The number of hydrogen-bond acceptors (Lipinski definition) is 3. The minimum atomic E-state index is -0.602. The Kier molecular flexibility index (Phi) is 3.45. The molecule has 1 aromatic heterocycles. The van der Waals surface area contributed by atoms with Gasteiger partial charge in [-0.1, -0.05) is 0 Å². The van der Waals surface area contributed by atoms with Crippen molar-refractivity contribution in [2.24, 2.45) is 13.0 Å². The fourth-order valence-electron chi connectivity index (χ4n) is 1.22. The molecule has 0 aliphatic heterocycles. The molecule has 0 saturated carbocycles. The summed E-state index contributed by atoms with van der Waals surface area (Å²) in [6, 6.07) is 1.92. The van der Waals surface area contributed by atoms with E-state index in [-0.39, 0.29) is 5.91 Å². The highest BCUT2D eigenvalue weighted by Crippen LogP contribution is 2.04. The molecule has 1 aromatic rings. The molecular weight excluding hydrogens is 192 g/mol. The van der Waals surface area contributed by atoms with Gasteiger partial charge >= 0.3 is 0 Å². The number of hydrogen-bond donors (Lipinski definition) is 0. The Labute approximate surface area is 88.9 Å². The molecule has 0 radical (unpaired) electrons. The van der Waals surface area contributed by atoms with Crippen LogP contribution in [0.1, 0.15) is 12.7 Å². The van der Waals surface area contributed by atoms with Gasteiger partial charge in [-0.3, -0.25) is 4.79 Å². The van der Waals surface area contributed by atoms with Crippen LogP contribution in [-0.2, 0) is 18.4 Å². The molecular formula is C10H14N4O. The first-order valence-corrected chi connectivity index (χ1v) is 4.67. The number of nitrogens with zero attached hydrogens (tertiary/aromatic N) is 4. The summed E-state index contributed by atoms with van der Waals surface area (Å²) in [6.07, 6.45) is 3.50. The maximum Gasteiger partial charge on any atom is 0.239 e. The predicted octanol–water partition coefficient (Wildman–Crippen LogP) is 0.538. The zero-order chi connectivity index (χ0) is 11.4. The van der Waals surface area contributed by atoms with Gasteiger partial charge in [0.05, 0.1) is 12.6 Å². The minimum Gasteiger partial charge on any atom is -0.337 e. The second-order valence-corrected chi connectivity index (χ2v) is 3.50. The molecule has 1 unspecified atom stereocenters. The smallest absolute Gasteiger partial charge is 0.239 e. The highest BCUT2D eigenvalue weighted by atomic mass is 16.2. The number of nitriles is 1. The zero-order valence-corrected chi connectivity index (χ0v) is 9.14. The first-order chi connectivity index (χ1) is 7.06. The molecule has 1 rings (SSSR count). The number of aromatic nitrogens is 2. The van der Waals surface area contributed by atoms with Crippen LogP contribution in [0.3, 0.4) is 0 Å². The van der Waals surface area contributed by atoms with Gasteiger partial charge in [-0.05, 0) is 6.92 Å². The lowest BCUT2D eigenvalue weighted by atomic mass is 10.2. The Morgan fingerprint density at radius 3 is 2.93 bits per heavy atom. The maximum atomic E-state index is 11.6. The van der Waals surface area contributed by atoms with E-state index in [1.807, 2.05) is 23.9 Å². The van der Waals surface area contributed by atoms with Gasteiger partial charge in [0.15, 0.2) is 0 Å². The zero-order valence-electron chi connectivity index (χ0n) is 9.14. The lowest BCUT2D eigenvalue weighted by Crippen LogP contribution is -2.31. The molecule has 80 valence electrons. The number of imidazole rings is 1. The van der Waals surface area contributed by atoms with E-state index in [1.165, 1.54) is 4.90 Å². The molecule has 0 spiro atoms. The van der Waals surface area contributed by atoms with E-state index in [2.05, 4.69) is 4.98 Å². The van der Waals surface area contributed by atoms with Crippen LogP contribution in [0.25, 0.3) is 0 Å². The molecule has 0 aliphatic rings. The molecule has 5 heteroatoms. The van der Waals surface area contributed by atoms with Crippen LogP contribution < -0.4 is 0 Å². The third kappa shape index (κ3) is 2.56. The average Bonchev–Trinajstić information content (AvgIpc) is 2.62. The molecule has 0 aliphatic carbocycles. The number of carbonyl (C=O) groups is 1. The van der Waals surface area contributed by atoms with Gasteiger partial charge in [-0.25, -0.2) is 4.98 Å². The standard InChI is InChI=1S/C10H14N4O/c1-8(6-11)10(15)14(3)7-9-12-4-5-13(9)2/h4-5,8H,7H2,1-3H3. The average molecular weight is 206 g/mol. The van der Waals surface area contributed by atoms with Gasteiger partial charge in [0, 0.05) is 26.5 Å². The number of aryl methyl sites for hydroxylation is 1. The molecule has 1 heterocycles. The molecule has 0 aromatic carbocycles. The van der Waals surface area contributed by atoms with E-state index in [0.717, 1.165) is 5.82 Å².